The number of aliphatic carboxylic acids is 1. The molecule has 0 saturated carbocycles. The van der Waals surface area contributed by atoms with E-state index in [9.17, 15) is 14.7 Å². The second-order valence-corrected chi connectivity index (χ2v) is 4.53. The second-order valence-electron chi connectivity index (χ2n) is 4.53. The number of hydrogen-bond donors (Lipinski definition) is 4. The van der Waals surface area contributed by atoms with Gasteiger partial charge in [-0.3, -0.25) is 9.59 Å². The zero-order valence-electron chi connectivity index (χ0n) is 10.4. The van der Waals surface area contributed by atoms with E-state index in [2.05, 4.69) is 5.32 Å². The average molecular weight is 246 g/mol. The Morgan fingerprint density at radius 1 is 1.47 bits per heavy atom. The highest BCUT2D eigenvalue weighted by Gasteiger charge is 2.25. The first-order chi connectivity index (χ1) is 7.78. The minimum absolute atomic E-state index is 0.113. The van der Waals surface area contributed by atoms with E-state index in [0.717, 1.165) is 12.8 Å². The van der Waals surface area contributed by atoms with Gasteiger partial charge in [-0.05, 0) is 13.3 Å². The van der Waals surface area contributed by atoms with Crippen molar-refractivity contribution in [2.24, 2.45) is 5.73 Å². The number of hydrogen-bond acceptors (Lipinski definition) is 4. The molecule has 6 heteroatoms. The maximum absolute atomic E-state index is 11.5. The molecule has 5 N–H and O–H groups in total. The molecule has 1 amide bonds. The SMILES string of the molecule is CCCCC(N)C(=O)NCC(C)(O)CC(=O)O. The lowest BCUT2D eigenvalue weighted by atomic mass is 10.0. The van der Waals surface area contributed by atoms with Crippen LogP contribution in [-0.2, 0) is 9.59 Å². The number of nitrogens with one attached hydrogen (secondary N) is 1. The number of amides is 1. The molecule has 0 aliphatic heterocycles. The van der Waals surface area contributed by atoms with Crippen molar-refractivity contribution in [3.8, 4) is 0 Å². The quantitative estimate of drug-likeness (QED) is 0.475. The molecule has 2 atom stereocenters. The van der Waals surface area contributed by atoms with Gasteiger partial charge < -0.3 is 21.3 Å². The van der Waals surface area contributed by atoms with Crippen molar-refractivity contribution in [1.29, 1.82) is 0 Å². The number of carboxylic acids is 1. The predicted octanol–water partition coefficient (Wildman–Crippen LogP) is -0.154. The van der Waals surface area contributed by atoms with Crippen molar-refractivity contribution in [2.75, 3.05) is 6.54 Å². The molecular formula is C11H22N2O4. The Labute approximate surface area is 101 Å². The normalized spacial score (nSPS) is 16.0. The molecule has 0 aliphatic carbocycles. The lowest BCUT2D eigenvalue weighted by Crippen LogP contribution is -2.47. The van der Waals surface area contributed by atoms with Crippen LogP contribution in [0.1, 0.15) is 39.5 Å². The van der Waals surface area contributed by atoms with Gasteiger partial charge >= 0.3 is 5.97 Å². The third kappa shape index (κ3) is 7.70. The van der Waals surface area contributed by atoms with E-state index in [1.807, 2.05) is 6.92 Å². The Morgan fingerprint density at radius 3 is 2.53 bits per heavy atom. The van der Waals surface area contributed by atoms with E-state index in [-0.39, 0.29) is 12.5 Å². The molecule has 0 bridgehead atoms. The monoisotopic (exact) mass is 246 g/mol. The molecule has 0 aromatic carbocycles. The van der Waals surface area contributed by atoms with Gasteiger partial charge in [-0.15, -0.1) is 0 Å². The first kappa shape index (κ1) is 15.9. The van der Waals surface area contributed by atoms with E-state index in [4.69, 9.17) is 10.8 Å². The molecule has 0 heterocycles. The maximum Gasteiger partial charge on any atom is 0.306 e. The minimum atomic E-state index is -1.45. The van der Waals surface area contributed by atoms with Gasteiger partial charge in [0, 0.05) is 6.54 Å². The molecule has 17 heavy (non-hydrogen) atoms. The molecule has 0 aromatic heterocycles. The number of unbranched alkanes of at least 4 members (excludes halogenated alkanes) is 1. The third-order valence-electron chi connectivity index (χ3n) is 2.38. The fourth-order valence-electron chi connectivity index (χ4n) is 1.35. The topological polar surface area (TPSA) is 113 Å². The van der Waals surface area contributed by atoms with E-state index < -0.39 is 24.0 Å². The molecular weight excluding hydrogens is 224 g/mol. The summed E-state index contributed by atoms with van der Waals surface area (Å²) in [4.78, 5) is 21.9. The van der Waals surface area contributed by atoms with Crippen LogP contribution in [-0.4, -0.2) is 40.3 Å². The van der Waals surface area contributed by atoms with Crippen molar-refractivity contribution < 1.29 is 19.8 Å². The first-order valence-corrected chi connectivity index (χ1v) is 5.76. The number of carboxylic acid groups (broad SMARTS) is 1. The van der Waals surface area contributed by atoms with Gasteiger partial charge in [0.25, 0.3) is 0 Å². The minimum Gasteiger partial charge on any atom is -0.481 e. The van der Waals surface area contributed by atoms with Crippen LogP contribution in [0.15, 0.2) is 0 Å². The fraction of sp³-hybridized carbons (Fsp3) is 0.818. The Kier molecular flexibility index (Phi) is 6.75. The maximum atomic E-state index is 11.5. The summed E-state index contributed by atoms with van der Waals surface area (Å²) in [6, 6.07) is -0.601. The summed E-state index contributed by atoms with van der Waals surface area (Å²) in [5, 5.41) is 20.7. The smallest absolute Gasteiger partial charge is 0.306 e. The number of carbonyl (C=O) groups is 2. The Balaban J connectivity index is 4.01. The zero-order valence-corrected chi connectivity index (χ0v) is 10.4. The predicted molar refractivity (Wildman–Crippen MR) is 63.4 cm³/mol. The van der Waals surface area contributed by atoms with Gasteiger partial charge in [-0.25, -0.2) is 0 Å². The van der Waals surface area contributed by atoms with Crippen molar-refractivity contribution >= 4 is 11.9 Å². The fourth-order valence-corrected chi connectivity index (χ4v) is 1.35. The third-order valence-corrected chi connectivity index (χ3v) is 2.38. The van der Waals surface area contributed by atoms with Crippen LogP contribution >= 0.6 is 0 Å². The Bertz CT molecular complexity index is 266. The second kappa shape index (κ2) is 7.24. The molecule has 0 rings (SSSR count). The van der Waals surface area contributed by atoms with Crippen molar-refractivity contribution in [3.63, 3.8) is 0 Å². The summed E-state index contributed by atoms with van der Waals surface area (Å²) in [5.74, 6) is -1.47. The number of carbonyl (C=O) groups excluding carboxylic acids is 1. The van der Waals surface area contributed by atoms with Crippen LogP contribution in [0.4, 0.5) is 0 Å². The van der Waals surface area contributed by atoms with Gasteiger partial charge in [0.2, 0.25) is 5.91 Å². The molecule has 2 unspecified atom stereocenters. The van der Waals surface area contributed by atoms with Crippen molar-refractivity contribution in [3.05, 3.63) is 0 Å². The van der Waals surface area contributed by atoms with Gasteiger partial charge in [0.1, 0.15) is 0 Å². The Morgan fingerprint density at radius 2 is 2.06 bits per heavy atom. The molecule has 0 radical (unpaired) electrons. The van der Waals surface area contributed by atoms with Crippen LogP contribution in [0.2, 0.25) is 0 Å². The van der Waals surface area contributed by atoms with E-state index in [1.165, 1.54) is 6.92 Å². The summed E-state index contributed by atoms with van der Waals surface area (Å²) >= 11 is 0. The molecule has 0 aromatic rings. The number of nitrogens with two attached hydrogens (primary N) is 1. The summed E-state index contributed by atoms with van der Waals surface area (Å²) in [6.07, 6.45) is 1.98. The van der Waals surface area contributed by atoms with Crippen molar-refractivity contribution in [1.82, 2.24) is 5.32 Å². The molecule has 0 aliphatic rings. The number of rotatable bonds is 8. The van der Waals surface area contributed by atoms with Crippen LogP contribution in [0, 0.1) is 0 Å². The van der Waals surface area contributed by atoms with Crippen molar-refractivity contribution in [2.45, 2.75) is 51.2 Å². The summed E-state index contributed by atoms with van der Waals surface area (Å²) in [7, 11) is 0. The molecule has 0 fully saturated rings. The van der Waals surface area contributed by atoms with Gasteiger partial charge in [-0.2, -0.15) is 0 Å². The largest absolute Gasteiger partial charge is 0.481 e. The van der Waals surface area contributed by atoms with Gasteiger partial charge in [0.05, 0.1) is 18.1 Å². The van der Waals surface area contributed by atoms with Gasteiger partial charge in [0.15, 0.2) is 0 Å². The standard InChI is InChI=1S/C11H22N2O4/c1-3-4-5-8(12)10(16)13-7-11(2,17)6-9(14)15/h8,17H,3-7,12H2,1-2H3,(H,13,16)(H,14,15). The van der Waals surface area contributed by atoms with Crippen LogP contribution in [0.3, 0.4) is 0 Å². The first-order valence-electron chi connectivity index (χ1n) is 5.76. The van der Waals surface area contributed by atoms with E-state index in [0.29, 0.717) is 6.42 Å². The molecule has 100 valence electrons. The van der Waals surface area contributed by atoms with Crippen LogP contribution in [0.25, 0.3) is 0 Å². The van der Waals surface area contributed by atoms with Crippen LogP contribution < -0.4 is 11.1 Å². The lowest BCUT2D eigenvalue weighted by molar-refractivity contribution is -0.142. The highest BCUT2D eigenvalue weighted by molar-refractivity contribution is 5.81. The van der Waals surface area contributed by atoms with Crippen LogP contribution in [0.5, 0.6) is 0 Å². The summed E-state index contributed by atoms with van der Waals surface area (Å²) in [5.41, 5.74) is 4.17. The summed E-state index contributed by atoms with van der Waals surface area (Å²) in [6.45, 7) is 3.25. The highest BCUT2D eigenvalue weighted by atomic mass is 16.4. The van der Waals surface area contributed by atoms with E-state index in [1.54, 1.807) is 0 Å². The zero-order chi connectivity index (χ0) is 13.5. The van der Waals surface area contributed by atoms with E-state index >= 15 is 0 Å². The molecule has 0 saturated heterocycles. The summed E-state index contributed by atoms with van der Waals surface area (Å²) < 4.78 is 0. The molecule has 0 spiro atoms. The molecule has 6 nitrogen and oxygen atoms in total. The van der Waals surface area contributed by atoms with Gasteiger partial charge in [-0.1, -0.05) is 19.8 Å². The average Bonchev–Trinajstić information content (AvgIpc) is 2.20. The highest BCUT2D eigenvalue weighted by Crippen LogP contribution is 2.07. The number of aliphatic hydroxyl groups is 1. The lowest BCUT2D eigenvalue weighted by Gasteiger charge is -2.22. The Hall–Kier alpha value is -1.14.